The Kier molecular flexibility index (Phi) is 3.92. The molecule has 0 amide bonds. The Hall–Kier alpha value is -0.0400. The van der Waals surface area contributed by atoms with Crippen molar-refractivity contribution in [3.8, 4) is 0 Å². The minimum absolute atomic E-state index is 0.893. The zero-order chi connectivity index (χ0) is 8.10. The van der Waals surface area contributed by atoms with Crippen molar-refractivity contribution in [2.45, 2.75) is 39.5 Å². The van der Waals surface area contributed by atoms with E-state index in [1.165, 1.54) is 45.3 Å². The molecule has 0 unspecified atom stereocenters. The number of hydrogen-bond donors (Lipinski definition) is 1. The van der Waals surface area contributed by atoms with Crippen molar-refractivity contribution in [1.82, 2.24) is 0 Å². The van der Waals surface area contributed by atoms with E-state index in [-0.39, 0.29) is 0 Å². The van der Waals surface area contributed by atoms with Crippen LogP contribution in [0.15, 0.2) is 0 Å². The fraction of sp³-hybridized carbons (Fsp3) is 1.00. The summed E-state index contributed by atoms with van der Waals surface area (Å²) in [5, 5.41) is 0. The molecule has 1 heterocycles. The molecule has 1 saturated heterocycles. The molecule has 1 heteroatoms. The maximum Gasteiger partial charge on any atom is 0.0773 e. The fourth-order valence-corrected chi connectivity index (χ4v) is 1.79. The van der Waals surface area contributed by atoms with Crippen molar-refractivity contribution in [2.75, 3.05) is 19.6 Å². The molecule has 0 aliphatic carbocycles. The molecule has 1 aliphatic heterocycles. The molecule has 0 spiro atoms. The van der Waals surface area contributed by atoms with E-state index in [0.717, 1.165) is 5.92 Å². The van der Waals surface area contributed by atoms with Gasteiger partial charge in [-0.1, -0.05) is 13.8 Å². The van der Waals surface area contributed by atoms with Crippen LogP contribution in [0.2, 0.25) is 0 Å². The predicted molar refractivity (Wildman–Crippen MR) is 48.9 cm³/mol. The van der Waals surface area contributed by atoms with Crippen LogP contribution in [0.1, 0.15) is 39.5 Å². The largest absolute Gasteiger partial charge is 0.335 e. The van der Waals surface area contributed by atoms with E-state index >= 15 is 0 Å². The van der Waals surface area contributed by atoms with E-state index in [0.29, 0.717) is 0 Å². The lowest BCUT2D eigenvalue weighted by Crippen LogP contribution is -3.12. The Bertz CT molecular complexity index is 93.0. The van der Waals surface area contributed by atoms with Crippen molar-refractivity contribution >= 4 is 0 Å². The molecule has 1 N–H and O–H groups in total. The molecule has 1 fully saturated rings. The zero-order valence-corrected chi connectivity index (χ0v) is 8.03. The molecule has 0 radical (unpaired) electrons. The highest BCUT2D eigenvalue weighted by Crippen LogP contribution is 1.98. The Balaban J connectivity index is 2.05. The summed E-state index contributed by atoms with van der Waals surface area (Å²) in [6.07, 6.45) is 5.82. The summed E-state index contributed by atoms with van der Waals surface area (Å²) in [6.45, 7) is 8.93. The average Bonchev–Trinajstić information content (AvgIpc) is 2.03. The first kappa shape index (κ1) is 9.05. The smallest absolute Gasteiger partial charge is 0.0773 e. The van der Waals surface area contributed by atoms with Gasteiger partial charge in [0.1, 0.15) is 0 Å². The van der Waals surface area contributed by atoms with Gasteiger partial charge in [-0.2, -0.15) is 0 Å². The first-order valence-corrected chi connectivity index (χ1v) is 5.12. The van der Waals surface area contributed by atoms with Gasteiger partial charge in [-0.15, -0.1) is 0 Å². The van der Waals surface area contributed by atoms with Gasteiger partial charge < -0.3 is 4.90 Å². The fourth-order valence-electron chi connectivity index (χ4n) is 1.79. The van der Waals surface area contributed by atoms with Gasteiger partial charge in [-0.3, -0.25) is 0 Å². The average molecular weight is 156 g/mol. The molecule has 0 atom stereocenters. The van der Waals surface area contributed by atoms with Gasteiger partial charge in [-0.05, 0) is 31.6 Å². The Morgan fingerprint density at radius 2 is 1.73 bits per heavy atom. The highest BCUT2D eigenvalue weighted by atomic mass is 15.1. The lowest BCUT2D eigenvalue weighted by molar-refractivity contribution is -0.905. The highest BCUT2D eigenvalue weighted by molar-refractivity contribution is 4.48. The Morgan fingerprint density at radius 1 is 1.09 bits per heavy atom. The minimum Gasteiger partial charge on any atom is -0.335 e. The van der Waals surface area contributed by atoms with Crippen LogP contribution in [-0.4, -0.2) is 19.6 Å². The molecule has 1 aliphatic rings. The van der Waals surface area contributed by atoms with Gasteiger partial charge in [0, 0.05) is 0 Å². The molecule has 11 heavy (non-hydrogen) atoms. The number of hydrogen-bond acceptors (Lipinski definition) is 0. The highest BCUT2D eigenvalue weighted by Gasteiger charge is 2.12. The first-order valence-electron chi connectivity index (χ1n) is 5.12. The van der Waals surface area contributed by atoms with Gasteiger partial charge in [-0.25, -0.2) is 0 Å². The standard InChI is InChI=1S/C10H21N/c1-10(2)6-9-11-7-4-3-5-8-11/h10H,3-9H2,1-2H3/p+1. The molecule has 66 valence electrons. The number of quaternary nitrogens is 1. The number of rotatable bonds is 3. The number of nitrogens with one attached hydrogen (secondary N) is 1. The van der Waals surface area contributed by atoms with E-state index in [1.54, 1.807) is 0 Å². The molecule has 1 nitrogen and oxygen atoms in total. The van der Waals surface area contributed by atoms with Gasteiger partial charge in [0.25, 0.3) is 0 Å². The van der Waals surface area contributed by atoms with Crippen LogP contribution in [0.3, 0.4) is 0 Å². The Morgan fingerprint density at radius 3 is 2.27 bits per heavy atom. The second-order valence-corrected chi connectivity index (χ2v) is 4.24. The van der Waals surface area contributed by atoms with Crippen LogP contribution in [0.5, 0.6) is 0 Å². The lowest BCUT2D eigenvalue weighted by Gasteiger charge is -2.23. The normalized spacial score (nSPS) is 21.0. The van der Waals surface area contributed by atoms with Crippen molar-refractivity contribution in [3.05, 3.63) is 0 Å². The Labute approximate surface area is 70.8 Å². The van der Waals surface area contributed by atoms with E-state index < -0.39 is 0 Å². The molecule has 0 bridgehead atoms. The summed E-state index contributed by atoms with van der Waals surface area (Å²) in [7, 11) is 0. The first-order chi connectivity index (χ1) is 5.29. The monoisotopic (exact) mass is 156 g/mol. The van der Waals surface area contributed by atoms with E-state index in [2.05, 4.69) is 13.8 Å². The van der Waals surface area contributed by atoms with Crippen LogP contribution >= 0.6 is 0 Å². The van der Waals surface area contributed by atoms with Crippen LogP contribution in [-0.2, 0) is 0 Å². The summed E-state index contributed by atoms with van der Waals surface area (Å²) < 4.78 is 0. The summed E-state index contributed by atoms with van der Waals surface area (Å²) in [4.78, 5) is 1.85. The topological polar surface area (TPSA) is 4.44 Å². The van der Waals surface area contributed by atoms with Crippen molar-refractivity contribution < 1.29 is 4.90 Å². The molecule has 0 aromatic rings. The third-order valence-electron chi connectivity index (χ3n) is 2.64. The van der Waals surface area contributed by atoms with Crippen molar-refractivity contribution in [3.63, 3.8) is 0 Å². The number of likely N-dealkylation sites (tertiary alicyclic amines) is 1. The van der Waals surface area contributed by atoms with Gasteiger partial charge in [0.2, 0.25) is 0 Å². The third kappa shape index (κ3) is 3.76. The van der Waals surface area contributed by atoms with Crippen LogP contribution in [0, 0.1) is 5.92 Å². The summed E-state index contributed by atoms with van der Waals surface area (Å²) in [5.41, 5.74) is 0. The summed E-state index contributed by atoms with van der Waals surface area (Å²) in [5.74, 6) is 0.893. The molecule has 0 aromatic heterocycles. The predicted octanol–water partition coefficient (Wildman–Crippen LogP) is 1.10. The van der Waals surface area contributed by atoms with Gasteiger partial charge in [0.05, 0.1) is 19.6 Å². The van der Waals surface area contributed by atoms with Crippen molar-refractivity contribution in [1.29, 1.82) is 0 Å². The third-order valence-corrected chi connectivity index (χ3v) is 2.64. The maximum atomic E-state index is 2.32. The van der Waals surface area contributed by atoms with E-state index in [9.17, 15) is 0 Å². The molecule has 0 aromatic carbocycles. The summed E-state index contributed by atoms with van der Waals surface area (Å²) >= 11 is 0. The molecular weight excluding hydrogens is 134 g/mol. The van der Waals surface area contributed by atoms with Crippen LogP contribution in [0.25, 0.3) is 0 Å². The van der Waals surface area contributed by atoms with Crippen molar-refractivity contribution in [2.24, 2.45) is 5.92 Å². The van der Waals surface area contributed by atoms with E-state index in [4.69, 9.17) is 0 Å². The SMILES string of the molecule is CC(C)CC[NH+]1CCCCC1. The second-order valence-electron chi connectivity index (χ2n) is 4.24. The zero-order valence-electron chi connectivity index (χ0n) is 8.03. The molecular formula is C10H22N+. The number of piperidine rings is 1. The molecule has 1 rings (SSSR count). The van der Waals surface area contributed by atoms with E-state index in [1.807, 2.05) is 4.90 Å². The van der Waals surface area contributed by atoms with Gasteiger partial charge >= 0.3 is 0 Å². The van der Waals surface area contributed by atoms with Gasteiger partial charge in [0.15, 0.2) is 0 Å². The minimum atomic E-state index is 0.893. The lowest BCUT2D eigenvalue weighted by atomic mass is 10.1. The summed E-state index contributed by atoms with van der Waals surface area (Å²) in [6, 6.07) is 0. The maximum absolute atomic E-state index is 2.32. The quantitative estimate of drug-likeness (QED) is 0.624. The second kappa shape index (κ2) is 4.76. The molecule has 0 saturated carbocycles. The van der Waals surface area contributed by atoms with Crippen LogP contribution in [0.4, 0.5) is 0 Å². The van der Waals surface area contributed by atoms with Crippen LogP contribution < -0.4 is 4.90 Å².